The molecular formula is C15H24N2O. The lowest BCUT2D eigenvalue weighted by Crippen LogP contribution is -2.35. The third-order valence-corrected chi connectivity index (χ3v) is 2.93. The predicted molar refractivity (Wildman–Crippen MR) is 75.5 cm³/mol. The van der Waals surface area contributed by atoms with Crippen molar-refractivity contribution in [2.75, 3.05) is 20.1 Å². The van der Waals surface area contributed by atoms with E-state index in [0.29, 0.717) is 13.1 Å². The Bertz CT molecular complexity index is 359. The summed E-state index contributed by atoms with van der Waals surface area (Å²) in [4.78, 5) is 13.5. The molecule has 0 unspecified atom stereocenters. The van der Waals surface area contributed by atoms with Crippen LogP contribution in [0.2, 0.25) is 0 Å². The highest BCUT2D eigenvalue weighted by Gasteiger charge is 2.07. The van der Waals surface area contributed by atoms with Crippen molar-refractivity contribution in [2.45, 2.75) is 33.2 Å². The van der Waals surface area contributed by atoms with Gasteiger partial charge in [-0.15, -0.1) is 0 Å². The number of likely N-dealkylation sites (N-methyl/N-ethyl adjacent to an activating group) is 2. The fraction of sp³-hybridized carbons (Fsp3) is 0.533. The van der Waals surface area contributed by atoms with Crippen LogP contribution in [0.4, 0.5) is 0 Å². The summed E-state index contributed by atoms with van der Waals surface area (Å²) in [5.41, 5.74) is 2.55. The van der Waals surface area contributed by atoms with Gasteiger partial charge in [-0.05, 0) is 24.1 Å². The number of benzene rings is 1. The Morgan fingerprint density at radius 3 is 2.33 bits per heavy atom. The third kappa shape index (κ3) is 4.88. The Morgan fingerprint density at radius 2 is 1.78 bits per heavy atom. The molecule has 0 aliphatic rings. The van der Waals surface area contributed by atoms with Gasteiger partial charge >= 0.3 is 0 Å². The maximum absolute atomic E-state index is 11.7. The molecular weight excluding hydrogens is 224 g/mol. The molecule has 1 amide bonds. The lowest BCUT2D eigenvalue weighted by atomic mass is 10.1. The van der Waals surface area contributed by atoms with Gasteiger partial charge in [0.05, 0.1) is 6.54 Å². The number of nitrogens with one attached hydrogen (secondary N) is 1. The highest BCUT2D eigenvalue weighted by molar-refractivity contribution is 5.77. The van der Waals surface area contributed by atoms with Crippen molar-refractivity contribution in [1.82, 2.24) is 10.2 Å². The Kier molecular flexibility index (Phi) is 6.44. The van der Waals surface area contributed by atoms with Crippen LogP contribution in [0.25, 0.3) is 0 Å². The average Bonchev–Trinajstić information content (AvgIpc) is 2.38. The van der Waals surface area contributed by atoms with Crippen molar-refractivity contribution in [3.63, 3.8) is 0 Å². The summed E-state index contributed by atoms with van der Waals surface area (Å²) < 4.78 is 0. The van der Waals surface area contributed by atoms with Crippen molar-refractivity contribution < 1.29 is 4.79 Å². The van der Waals surface area contributed by atoms with E-state index in [1.165, 1.54) is 17.5 Å². The van der Waals surface area contributed by atoms with Crippen molar-refractivity contribution in [3.05, 3.63) is 35.4 Å². The molecule has 0 aliphatic carbocycles. The van der Waals surface area contributed by atoms with E-state index in [1.807, 2.05) is 14.0 Å². The van der Waals surface area contributed by atoms with E-state index >= 15 is 0 Å². The van der Waals surface area contributed by atoms with Gasteiger partial charge in [-0.25, -0.2) is 0 Å². The van der Waals surface area contributed by atoms with Crippen LogP contribution in [0, 0.1) is 0 Å². The van der Waals surface area contributed by atoms with Crippen molar-refractivity contribution in [1.29, 1.82) is 0 Å². The van der Waals surface area contributed by atoms with E-state index in [-0.39, 0.29) is 5.91 Å². The van der Waals surface area contributed by atoms with E-state index in [0.717, 1.165) is 13.0 Å². The molecule has 1 aromatic carbocycles. The summed E-state index contributed by atoms with van der Waals surface area (Å²) in [6.45, 7) is 6.10. The number of carbonyl (C=O) groups excluding carboxylic acids is 1. The van der Waals surface area contributed by atoms with Crippen LogP contribution in [0.15, 0.2) is 24.3 Å². The van der Waals surface area contributed by atoms with E-state index in [2.05, 4.69) is 36.5 Å². The first kappa shape index (κ1) is 14.7. The smallest absolute Gasteiger partial charge is 0.236 e. The Morgan fingerprint density at radius 1 is 1.17 bits per heavy atom. The van der Waals surface area contributed by atoms with Gasteiger partial charge in [-0.3, -0.25) is 4.79 Å². The predicted octanol–water partition coefficient (Wildman–Crippen LogP) is 2.21. The normalized spacial score (nSPS) is 10.4. The Balaban J connectivity index is 2.48. The first-order valence-electron chi connectivity index (χ1n) is 6.69. The minimum absolute atomic E-state index is 0.134. The van der Waals surface area contributed by atoms with Crippen molar-refractivity contribution in [2.24, 2.45) is 0 Å². The Hall–Kier alpha value is -1.35. The molecule has 1 rings (SSSR count). The zero-order chi connectivity index (χ0) is 13.4. The monoisotopic (exact) mass is 248 g/mol. The number of rotatable bonds is 7. The SMILES string of the molecule is CCCc1ccc(CN(C)C(=O)CNCC)cc1. The van der Waals surface area contributed by atoms with Gasteiger partial charge in [-0.1, -0.05) is 44.5 Å². The molecule has 1 N–H and O–H groups in total. The lowest BCUT2D eigenvalue weighted by Gasteiger charge is -2.17. The zero-order valence-electron chi connectivity index (χ0n) is 11.7. The number of hydrogen-bond acceptors (Lipinski definition) is 2. The first-order chi connectivity index (χ1) is 8.67. The van der Waals surface area contributed by atoms with Crippen molar-refractivity contribution in [3.8, 4) is 0 Å². The van der Waals surface area contributed by atoms with E-state index in [4.69, 9.17) is 0 Å². The van der Waals surface area contributed by atoms with Gasteiger partial charge in [-0.2, -0.15) is 0 Å². The van der Waals surface area contributed by atoms with Crippen LogP contribution < -0.4 is 5.32 Å². The largest absolute Gasteiger partial charge is 0.340 e. The fourth-order valence-electron chi connectivity index (χ4n) is 1.83. The van der Waals surface area contributed by atoms with Crippen LogP contribution in [-0.4, -0.2) is 30.9 Å². The maximum atomic E-state index is 11.7. The van der Waals surface area contributed by atoms with Gasteiger partial charge in [0.15, 0.2) is 0 Å². The molecule has 1 aromatic rings. The van der Waals surface area contributed by atoms with E-state index < -0.39 is 0 Å². The molecule has 0 aromatic heterocycles. The molecule has 0 heterocycles. The van der Waals surface area contributed by atoms with Gasteiger partial charge < -0.3 is 10.2 Å². The number of aryl methyl sites for hydroxylation is 1. The quantitative estimate of drug-likeness (QED) is 0.802. The summed E-state index contributed by atoms with van der Waals surface area (Å²) in [6, 6.07) is 8.53. The van der Waals surface area contributed by atoms with Crippen LogP contribution in [0.1, 0.15) is 31.4 Å². The van der Waals surface area contributed by atoms with Crippen LogP contribution in [0.3, 0.4) is 0 Å². The molecule has 0 radical (unpaired) electrons. The molecule has 0 saturated carbocycles. The van der Waals surface area contributed by atoms with E-state index in [1.54, 1.807) is 4.90 Å². The molecule has 18 heavy (non-hydrogen) atoms. The first-order valence-corrected chi connectivity index (χ1v) is 6.69. The van der Waals surface area contributed by atoms with Gasteiger partial charge in [0.2, 0.25) is 5.91 Å². The molecule has 0 atom stereocenters. The number of nitrogens with zero attached hydrogens (tertiary/aromatic N) is 1. The van der Waals surface area contributed by atoms with Crippen molar-refractivity contribution >= 4 is 5.91 Å². The molecule has 0 bridgehead atoms. The molecule has 0 saturated heterocycles. The molecule has 3 heteroatoms. The zero-order valence-corrected chi connectivity index (χ0v) is 11.7. The van der Waals surface area contributed by atoms with Crippen LogP contribution >= 0.6 is 0 Å². The topological polar surface area (TPSA) is 32.3 Å². The second kappa shape index (κ2) is 7.88. The summed E-state index contributed by atoms with van der Waals surface area (Å²) in [7, 11) is 1.85. The average molecular weight is 248 g/mol. The summed E-state index contributed by atoms with van der Waals surface area (Å²) in [5, 5.41) is 3.05. The van der Waals surface area contributed by atoms with Crippen LogP contribution in [-0.2, 0) is 17.8 Å². The molecule has 100 valence electrons. The van der Waals surface area contributed by atoms with Crippen LogP contribution in [0.5, 0.6) is 0 Å². The molecule has 0 aliphatic heterocycles. The molecule has 3 nitrogen and oxygen atoms in total. The maximum Gasteiger partial charge on any atom is 0.236 e. The molecule has 0 spiro atoms. The number of carbonyl (C=O) groups is 1. The minimum atomic E-state index is 0.134. The van der Waals surface area contributed by atoms with Gasteiger partial charge in [0.1, 0.15) is 0 Å². The highest BCUT2D eigenvalue weighted by Crippen LogP contribution is 2.08. The summed E-state index contributed by atoms with van der Waals surface area (Å²) in [6.07, 6.45) is 2.29. The highest BCUT2D eigenvalue weighted by atomic mass is 16.2. The fourth-order valence-corrected chi connectivity index (χ4v) is 1.83. The standard InChI is InChI=1S/C15H24N2O/c1-4-6-13-7-9-14(10-8-13)12-17(3)15(18)11-16-5-2/h7-10,16H,4-6,11-12H2,1-3H3. The van der Waals surface area contributed by atoms with E-state index in [9.17, 15) is 4.79 Å². The second-order valence-electron chi connectivity index (χ2n) is 4.60. The third-order valence-electron chi connectivity index (χ3n) is 2.93. The minimum Gasteiger partial charge on any atom is -0.340 e. The lowest BCUT2D eigenvalue weighted by molar-refractivity contribution is -0.129. The molecule has 0 fully saturated rings. The Labute approximate surface area is 110 Å². The number of amides is 1. The number of hydrogen-bond donors (Lipinski definition) is 1. The van der Waals surface area contributed by atoms with Gasteiger partial charge in [0.25, 0.3) is 0 Å². The van der Waals surface area contributed by atoms with Gasteiger partial charge in [0, 0.05) is 13.6 Å². The summed E-state index contributed by atoms with van der Waals surface area (Å²) in [5.74, 6) is 0.134. The second-order valence-corrected chi connectivity index (χ2v) is 4.60. The summed E-state index contributed by atoms with van der Waals surface area (Å²) >= 11 is 0.